The lowest BCUT2D eigenvalue weighted by molar-refractivity contribution is -0.138. The second-order valence-electron chi connectivity index (χ2n) is 6.08. The summed E-state index contributed by atoms with van der Waals surface area (Å²) >= 11 is 0. The minimum atomic E-state index is -4.43. The molecule has 1 N–H and O–H groups in total. The van der Waals surface area contributed by atoms with E-state index in [0.717, 1.165) is 17.7 Å². The Morgan fingerprint density at radius 1 is 1.04 bits per heavy atom. The zero-order valence-corrected chi connectivity index (χ0v) is 14.8. The van der Waals surface area contributed by atoms with Gasteiger partial charge in [0.1, 0.15) is 0 Å². The van der Waals surface area contributed by atoms with Gasteiger partial charge in [-0.25, -0.2) is 0 Å². The van der Waals surface area contributed by atoms with Crippen LogP contribution in [0.3, 0.4) is 0 Å². The molecule has 27 heavy (non-hydrogen) atoms. The summed E-state index contributed by atoms with van der Waals surface area (Å²) in [6.45, 7) is 1.90. The predicted molar refractivity (Wildman–Crippen MR) is 94.3 cm³/mol. The highest BCUT2D eigenvalue weighted by Crippen LogP contribution is 2.29. The van der Waals surface area contributed by atoms with Crippen molar-refractivity contribution in [3.05, 3.63) is 70.8 Å². The van der Waals surface area contributed by atoms with E-state index >= 15 is 0 Å². The van der Waals surface area contributed by atoms with Crippen LogP contribution in [0.1, 0.15) is 40.4 Å². The van der Waals surface area contributed by atoms with E-state index in [2.05, 4.69) is 0 Å². The second kappa shape index (κ2) is 8.70. The van der Waals surface area contributed by atoms with Crippen molar-refractivity contribution in [1.29, 1.82) is 0 Å². The molecule has 7 heteroatoms. The van der Waals surface area contributed by atoms with Gasteiger partial charge < -0.3 is 10.0 Å². The molecule has 4 nitrogen and oxygen atoms in total. The van der Waals surface area contributed by atoms with Crippen molar-refractivity contribution in [2.45, 2.75) is 32.5 Å². The Hall–Kier alpha value is -2.83. The number of hydrogen-bond donors (Lipinski definition) is 1. The molecule has 0 atom stereocenters. The molecular weight excluding hydrogens is 359 g/mol. The number of carbonyl (C=O) groups is 2. The molecule has 0 radical (unpaired) electrons. The normalized spacial score (nSPS) is 11.3. The van der Waals surface area contributed by atoms with Crippen LogP contribution in [0.5, 0.6) is 0 Å². The third kappa shape index (κ3) is 5.57. The van der Waals surface area contributed by atoms with Gasteiger partial charge in [-0.2, -0.15) is 13.2 Å². The molecule has 0 saturated heterocycles. The Morgan fingerprint density at radius 2 is 1.67 bits per heavy atom. The summed E-state index contributed by atoms with van der Waals surface area (Å²) < 4.78 is 38.1. The quantitative estimate of drug-likeness (QED) is 0.777. The lowest BCUT2D eigenvalue weighted by atomic mass is 10.0. The van der Waals surface area contributed by atoms with Gasteiger partial charge in [0.2, 0.25) is 0 Å². The molecular formula is C20H20F3NO3. The Kier molecular flexibility index (Phi) is 6.60. The zero-order valence-electron chi connectivity index (χ0n) is 14.8. The van der Waals surface area contributed by atoms with Crippen molar-refractivity contribution >= 4 is 11.9 Å². The average Bonchev–Trinajstić information content (AvgIpc) is 2.64. The van der Waals surface area contributed by atoms with Gasteiger partial charge in [-0.05, 0) is 35.7 Å². The van der Waals surface area contributed by atoms with Gasteiger partial charge >= 0.3 is 12.1 Å². The summed E-state index contributed by atoms with van der Waals surface area (Å²) in [4.78, 5) is 25.2. The Morgan fingerprint density at radius 3 is 2.22 bits per heavy atom. The van der Waals surface area contributed by atoms with E-state index in [9.17, 15) is 22.8 Å². The summed E-state index contributed by atoms with van der Waals surface area (Å²) in [6.07, 6.45) is -4.05. The van der Waals surface area contributed by atoms with E-state index in [0.29, 0.717) is 17.5 Å². The van der Waals surface area contributed by atoms with Gasteiger partial charge in [-0.1, -0.05) is 37.3 Å². The smallest absolute Gasteiger partial charge is 0.416 e. The molecule has 0 fully saturated rings. The number of carboxylic acid groups (broad SMARTS) is 1. The van der Waals surface area contributed by atoms with Gasteiger partial charge in [0.25, 0.3) is 5.91 Å². The highest BCUT2D eigenvalue weighted by Gasteiger charge is 2.30. The summed E-state index contributed by atoms with van der Waals surface area (Å²) in [7, 11) is 0. The molecule has 0 heterocycles. The van der Waals surface area contributed by atoms with E-state index in [-0.39, 0.29) is 25.4 Å². The van der Waals surface area contributed by atoms with Crippen LogP contribution in [0.2, 0.25) is 0 Å². The largest absolute Gasteiger partial charge is 0.481 e. The lowest BCUT2D eigenvalue weighted by Gasteiger charge is -2.23. The number of amides is 1. The SMILES string of the molecule is CCc1ccccc1C(=O)N(CCC(=O)O)Cc1ccc(C(F)(F)F)cc1. The molecule has 0 bridgehead atoms. The van der Waals surface area contributed by atoms with E-state index in [1.807, 2.05) is 19.1 Å². The molecule has 144 valence electrons. The van der Waals surface area contributed by atoms with Gasteiger partial charge in [0.05, 0.1) is 12.0 Å². The number of halogens is 3. The maximum Gasteiger partial charge on any atom is 0.416 e. The van der Waals surface area contributed by atoms with Crippen LogP contribution < -0.4 is 0 Å². The molecule has 2 aromatic carbocycles. The summed E-state index contributed by atoms with van der Waals surface area (Å²) in [5, 5.41) is 8.94. The van der Waals surface area contributed by atoms with Crippen LogP contribution in [0.4, 0.5) is 13.2 Å². The minimum absolute atomic E-state index is 0.0301. The Bertz CT molecular complexity index is 801. The predicted octanol–water partition coefficient (Wildman–Crippen LogP) is 4.38. The Balaban J connectivity index is 2.26. The van der Waals surface area contributed by atoms with Crippen molar-refractivity contribution in [2.24, 2.45) is 0 Å². The number of carboxylic acids is 1. The number of rotatable bonds is 7. The molecule has 0 saturated carbocycles. The van der Waals surface area contributed by atoms with Crippen LogP contribution in [0.15, 0.2) is 48.5 Å². The van der Waals surface area contributed by atoms with Crippen LogP contribution in [0.25, 0.3) is 0 Å². The van der Waals surface area contributed by atoms with E-state index < -0.39 is 17.7 Å². The number of nitrogens with zero attached hydrogens (tertiary/aromatic N) is 1. The topological polar surface area (TPSA) is 57.6 Å². The van der Waals surface area contributed by atoms with E-state index in [1.165, 1.54) is 17.0 Å². The van der Waals surface area contributed by atoms with Crippen molar-refractivity contribution in [1.82, 2.24) is 4.90 Å². The third-order valence-corrected chi connectivity index (χ3v) is 4.17. The minimum Gasteiger partial charge on any atom is -0.481 e. The number of carbonyl (C=O) groups excluding carboxylic acids is 1. The fourth-order valence-corrected chi connectivity index (χ4v) is 2.71. The first-order chi connectivity index (χ1) is 12.7. The highest BCUT2D eigenvalue weighted by molar-refractivity contribution is 5.95. The molecule has 1 amide bonds. The van der Waals surface area contributed by atoms with Crippen molar-refractivity contribution in [3.8, 4) is 0 Å². The van der Waals surface area contributed by atoms with Crippen LogP contribution in [-0.2, 0) is 23.9 Å². The molecule has 0 aliphatic heterocycles. The van der Waals surface area contributed by atoms with Crippen LogP contribution in [0, 0.1) is 0 Å². The lowest BCUT2D eigenvalue weighted by Crippen LogP contribution is -2.33. The van der Waals surface area contributed by atoms with Crippen molar-refractivity contribution in [2.75, 3.05) is 6.54 Å². The second-order valence-corrected chi connectivity index (χ2v) is 6.08. The van der Waals surface area contributed by atoms with Gasteiger partial charge in [-0.3, -0.25) is 9.59 Å². The monoisotopic (exact) mass is 379 g/mol. The first-order valence-electron chi connectivity index (χ1n) is 8.47. The molecule has 0 unspecified atom stereocenters. The number of hydrogen-bond acceptors (Lipinski definition) is 2. The number of benzene rings is 2. The van der Waals surface area contributed by atoms with Crippen LogP contribution >= 0.6 is 0 Å². The average molecular weight is 379 g/mol. The molecule has 0 aliphatic carbocycles. The molecule has 2 rings (SSSR count). The van der Waals surface area contributed by atoms with E-state index in [1.54, 1.807) is 12.1 Å². The molecule has 2 aromatic rings. The fraction of sp³-hybridized carbons (Fsp3) is 0.300. The standard InChI is InChI=1S/C20H20F3NO3/c1-2-15-5-3-4-6-17(15)19(27)24(12-11-18(25)26)13-14-7-9-16(10-8-14)20(21,22)23/h3-10H,2,11-13H2,1H3,(H,25,26). The van der Waals surface area contributed by atoms with Gasteiger partial charge in [0.15, 0.2) is 0 Å². The van der Waals surface area contributed by atoms with Crippen LogP contribution in [-0.4, -0.2) is 28.4 Å². The van der Waals surface area contributed by atoms with Crippen molar-refractivity contribution < 1.29 is 27.9 Å². The molecule has 0 aliphatic rings. The number of aryl methyl sites for hydroxylation is 1. The molecule has 0 aromatic heterocycles. The first-order valence-corrected chi connectivity index (χ1v) is 8.47. The number of aliphatic carboxylic acids is 1. The summed E-state index contributed by atoms with van der Waals surface area (Å²) in [5.74, 6) is -1.39. The summed E-state index contributed by atoms with van der Waals surface area (Å²) in [5.41, 5.74) is 1.02. The fourth-order valence-electron chi connectivity index (χ4n) is 2.71. The summed E-state index contributed by atoms with van der Waals surface area (Å²) in [6, 6.07) is 11.5. The first kappa shape index (κ1) is 20.5. The molecule has 0 spiro atoms. The Labute approximate surface area is 155 Å². The van der Waals surface area contributed by atoms with E-state index in [4.69, 9.17) is 5.11 Å². The number of alkyl halides is 3. The maximum absolute atomic E-state index is 12.9. The third-order valence-electron chi connectivity index (χ3n) is 4.17. The zero-order chi connectivity index (χ0) is 20.0. The van der Waals surface area contributed by atoms with Crippen molar-refractivity contribution in [3.63, 3.8) is 0 Å². The van der Waals surface area contributed by atoms with Gasteiger partial charge in [-0.15, -0.1) is 0 Å². The maximum atomic E-state index is 12.9. The highest BCUT2D eigenvalue weighted by atomic mass is 19.4. The van der Waals surface area contributed by atoms with Gasteiger partial charge in [0, 0.05) is 18.7 Å².